The van der Waals surface area contributed by atoms with Crippen LogP contribution >= 0.6 is 11.3 Å². The van der Waals surface area contributed by atoms with E-state index in [9.17, 15) is 9.59 Å². The van der Waals surface area contributed by atoms with Gasteiger partial charge in [0.15, 0.2) is 0 Å². The van der Waals surface area contributed by atoms with Crippen LogP contribution in [0.5, 0.6) is 0 Å². The number of aromatic nitrogens is 1. The van der Waals surface area contributed by atoms with Crippen molar-refractivity contribution >= 4 is 28.8 Å². The van der Waals surface area contributed by atoms with E-state index in [2.05, 4.69) is 22.1 Å². The Morgan fingerprint density at radius 2 is 1.96 bits per heavy atom. The lowest BCUT2D eigenvalue weighted by molar-refractivity contribution is -0.114. The van der Waals surface area contributed by atoms with E-state index in [1.807, 2.05) is 36.1 Å². The minimum atomic E-state index is -0.112. The number of carbonyl (C=O) groups is 2. The number of hydrogen-bond acceptors (Lipinski definition) is 5. The molecule has 0 saturated carbocycles. The molecule has 0 unspecified atom stereocenters. The number of thiazole rings is 1. The van der Waals surface area contributed by atoms with Gasteiger partial charge >= 0.3 is 0 Å². The number of anilines is 1. The van der Waals surface area contributed by atoms with Crippen LogP contribution in [0.15, 0.2) is 24.3 Å². The first-order valence-electron chi connectivity index (χ1n) is 8.85. The first kappa shape index (κ1) is 18.5. The Hall–Kier alpha value is -2.25. The number of piperazine rings is 1. The van der Waals surface area contributed by atoms with Gasteiger partial charge in [0, 0.05) is 49.2 Å². The molecule has 1 aromatic carbocycles. The summed E-state index contributed by atoms with van der Waals surface area (Å²) in [5, 5.41) is 3.58. The maximum Gasteiger partial charge on any atom is 0.273 e. The Labute approximate surface area is 157 Å². The van der Waals surface area contributed by atoms with Gasteiger partial charge in [-0.1, -0.05) is 19.1 Å². The van der Waals surface area contributed by atoms with Gasteiger partial charge in [0.25, 0.3) is 5.91 Å². The van der Waals surface area contributed by atoms with Gasteiger partial charge in [-0.15, -0.1) is 11.3 Å². The molecule has 1 N–H and O–H groups in total. The van der Waals surface area contributed by atoms with Crippen LogP contribution in [0.25, 0.3) is 10.6 Å². The molecule has 7 heteroatoms. The Morgan fingerprint density at radius 1 is 1.23 bits per heavy atom. The molecule has 0 atom stereocenters. The Morgan fingerprint density at radius 3 is 2.62 bits per heavy atom. The zero-order chi connectivity index (χ0) is 18.7. The van der Waals surface area contributed by atoms with Crippen molar-refractivity contribution in [1.29, 1.82) is 0 Å². The fourth-order valence-electron chi connectivity index (χ4n) is 3.07. The zero-order valence-electron chi connectivity index (χ0n) is 15.4. The Balaban J connectivity index is 1.79. The van der Waals surface area contributed by atoms with Crippen molar-refractivity contribution in [3.63, 3.8) is 0 Å². The van der Waals surface area contributed by atoms with Crippen molar-refractivity contribution in [3.05, 3.63) is 34.8 Å². The molecule has 26 heavy (non-hydrogen) atoms. The van der Waals surface area contributed by atoms with Gasteiger partial charge in [0.2, 0.25) is 5.91 Å². The SMILES string of the molecule is CCN1CCN(C(=O)c2nc(-c3cccc(NC(C)=O)c3)sc2C)CC1. The molecule has 1 aromatic heterocycles. The highest BCUT2D eigenvalue weighted by Crippen LogP contribution is 2.30. The minimum absolute atomic E-state index is 0.0127. The molecule has 0 radical (unpaired) electrons. The van der Waals surface area contributed by atoms with Crippen molar-refractivity contribution in [3.8, 4) is 10.6 Å². The number of aryl methyl sites for hydroxylation is 1. The summed E-state index contributed by atoms with van der Waals surface area (Å²) in [5.41, 5.74) is 2.17. The lowest BCUT2D eigenvalue weighted by Crippen LogP contribution is -2.48. The van der Waals surface area contributed by atoms with Crippen molar-refractivity contribution in [2.75, 3.05) is 38.0 Å². The Kier molecular flexibility index (Phi) is 5.68. The van der Waals surface area contributed by atoms with Crippen LogP contribution in [0.2, 0.25) is 0 Å². The van der Waals surface area contributed by atoms with Gasteiger partial charge < -0.3 is 15.1 Å². The van der Waals surface area contributed by atoms with E-state index < -0.39 is 0 Å². The summed E-state index contributed by atoms with van der Waals surface area (Å²) in [6.07, 6.45) is 0. The van der Waals surface area contributed by atoms with Crippen molar-refractivity contribution in [1.82, 2.24) is 14.8 Å². The molecule has 1 fully saturated rings. The largest absolute Gasteiger partial charge is 0.335 e. The monoisotopic (exact) mass is 372 g/mol. The first-order valence-corrected chi connectivity index (χ1v) is 9.66. The molecular formula is C19H24N4O2S. The van der Waals surface area contributed by atoms with Crippen LogP contribution in [-0.2, 0) is 4.79 Å². The summed E-state index contributed by atoms with van der Waals surface area (Å²) in [4.78, 5) is 33.9. The normalized spacial score (nSPS) is 15.1. The summed E-state index contributed by atoms with van der Waals surface area (Å²) in [6, 6.07) is 7.54. The fourth-order valence-corrected chi connectivity index (χ4v) is 3.97. The predicted octanol–water partition coefficient (Wildman–Crippen LogP) is 2.85. The molecule has 2 aromatic rings. The van der Waals surface area contributed by atoms with Gasteiger partial charge in [0.1, 0.15) is 10.7 Å². The van der Waals surface area contributed by atoms with Gasteiger partial charge in [-0.2, -0.15) is 0 Å². The summed E-state index contributed by atoms with van der Waals surface area (Å²) >= 11 is 1.51. The number of nitrogens with zero attached hydrogens (tertiary/aromatic N) is 3. The molecule has 2 amide bonds. The molecule has 1 aliphatic rings. The molecule has 6 nitrogen and oxygen atoms in total. The third-order valence-corrected chi connectivity index (χ3v) is 5.56. The number of hydrogen-bond donors (Lipinski definition) is 1. The van der Waals surface area contributed by atoms with E-state index in [-0.39, 0.29) is 11.8 Å². The van der Waals surface area contributed by atoms with E-state index in [4.69, 9.17) is 0 Å². The quantitative estimate of drug-likeness (QED) is 0.896. The molecule has 1 saturated heterocycles. The van der Waals surface area contributed by atoms with Gasteiger partial charge in [0.05, 0.1) is 0 Å². The standard InChI is InChI=1S/C19H24N4O2S/c1-4-22-8-10-23(11-9-22)19(25)17-13(2)26-18(21-17)15-6-5-7-16(12-15)20-14(3)24/h5-7,12H,4,8-11H2,1-3H3,(H,20,24). The van der Waals surface area contributed by atoms with E-state index in [0.29, 0.717) is 5.69 Å². The van der Waals surface area contributed by atoms with Crippen LogP contribution in [0.1, 0.15) is 29.2 Å². The van der Waals surface area contributed by atoms with E-state index in [0.717, 1.165) is 53.9 Å². The highest BCUT2D eigenvalue weighted by molar-refractivity contribution is 7.15. The van der Waals surface area contributed by atoms with E-state index in [1.54, 1.807) is 0 Å². The number of carbonyl (C=O) groups excluding carboxylic acids is 2. The minimum Gasteiger partial charge on any atom is -0.335 e. The van der Waals surface area contributed by atoms with Gasteiger partial charge in [-0.25, -0.2) is 4.98 Å². The number of amides is 2. The zero-order valence-corrected chi connectivity index (χ0v) is 16.2. The van der Waals surface area contributed by atoms with Crippen LogP contribution < -0.4 is 5.32 Å². The highest BCUT2D eigenvalue weighted by Gasteiger charge is 2.25. The number of benzene rings is 1. The number of rotatable bonds is 4. The summed E-state index contributed by atoms with van der Waals surface area (Å²) in [6.45, 7) is 9.90. The molecule has 138 valence electrons. The van der Waals surface area contributed by atoms with E-state index in [1.165, 1.54) is 18.3 Å². The molecular weight excluding hydrogens is 348 g/mol. The summed E-state index contributed by atoms with van der Waals surface area (Å²) in [7, 11) is 0. The van der Waals surface area contributed by atoms with Crippen LogP contribution in [0.3, 0.4) is 0 Å². The van der Waals surface area contributed by atoms with Gasteiger partial charge in [-0.3, -0.25) is 9.59 Å². The van der Waals surface area contributed by atoms with Crippen molar-refractivity contribution in [2.24, 2.45) is 0 Å². The second-order valence-corrected chi connectivity index (χ2v) is 7.62. The van der Waals surface area contributed by atoms with Crippen LogP contribution in [-0.4, -0.2) is 59.3 Å². The smallest absolute Gasteiger partial charge is 0.273 e. The second kappa shape index (κ2) is 7.97. The predicted molar refractivity (Wildman–Crippen MR) is 105 cm³/mol. The highest BCUT2D eigenvalue weighted by atomic mass is 32.1. The lowest BCUT2D eigenvalue weighted by atomic mass is 10.2. The topological polar surface area (TPSA) is 65.5 Å². The fraction of sp³-hybridized carbons (Fsp3) is 0.421. The number of nitrogens with one attached hydrogen (secondary N) is 1. The molecule has 2 heterocycles. The molecule has 1 aliphatic heterocycles. The van der Waals surface area contributed by atoms with Crippen molar-refractivity contribution < 1.29 is 9.59 Å². The third kappa shape index (κ3) is 4.11. The number of likely N-dealkylation sites (N-methyl/N-ethyl adjacent to an activating group) is 1. The van der Waals surface area contributed by atoms with Gasteiger partial charge in [-0.05, 0) is 25.6 Å². The second-order valence-electron chi connectivity index (χ2n) is 6.41. The average Bonchev–Trinajstić information content (AvgIpc) is 3.02. The molecule has 0 bridgehead atoms. The van der Waals surface area contributed by atoms with Crippen LogP contribution in [0.4, 0.5) is 5.69 Å². The maximum atomic E-state index is 12.9. The molecule has 3 rings (SSSR count). The van der Waals surface area contributed by atoms with E-state index >= 15 is 0 Å². The summed E-state index contributed by atoms with van der Waals surface area (Å²) < 4.78 is 0. The lowest BCUT2D eigenvalue weighted by Gasteiger charge is -2.33. The first-order chi connectivity index (χ1) is 12.5. The molecule has 0 spiro atoms. The maximum absolute atomic E-state index is 12.9. The van der Waals surface area contributed by atoms with Crippen LogP contribution in [0, 0.1) is 6.92 Å². The third-order valence-electron chi connectivity index (χ3n) is 4.54. The van der Waals surface area contributed by atoms with Crippen molar-refractivity contribution in [2.45, 2.75) is 20.8 Å². The molecule has 0 aliphatic carbocycles. The Bertz CT molecular complexity index is 810. The average molecular weight is 372 g/mol. The summed E-state index contributed by atoms with van der Waals surface area (Å²) in [5.74, 6) is -0.0988.